The second kappa shape index (κ2) is 8.19. The standard InChI is InChI=1S/C22H21N3O3S/c1-28-20-9-16(7-8-19(20)26)17-10-21(27)25-13-24(12-15-5-3-2-4-6-15)14-29-22(25)18(17)11-23/h2-9,17,26H,10,12-14H2,1H3/t17-/m0/s1. The van der Waals surface area contributed by atoms with Crippen LogP contribution in [0, 0.1) is 11.3 Å². The van der Waals surface area contributed by atoms with E-state index in [1.165, 1.54) is 24.4 Å². The molecule has 2 heterocycles. The number of benzene rings is 2. The topological polar surface area (TPSA) is 76.8 Å². The van der Waals surface area contributed by atoms with Crippen LogP contribution >= 0.6 is 11.8 Å². The van der Waals surface area contributed by atoms with Crippen molar-refractivity contribution in [2.75, 3.05) is 19.7 Å². The maximum Gasteiger partial charge on any atom is 0.229 e. The van der Waals surface area contributed by atoms with Crippen LogP contribution in [0.25, 0.3) is 0 Å². The fourth-order valence-corrected chi connectivity index (χ4v) is 4.88. The Hall–Kier alpha value is -2.95. The smallest absolute Gasteiger partial charge is 0.229 e. The van der Waals surface area contributed by atoms with Crippen molar-refractivity contribution in [1.29, 1.82) is 5.26 Å². The Morgan fingerprint density at radius 3 is 2.79 bits per heavy atom. The van der Waals surface area contributed by atoms with Crippen molar-refractivity contribution in [1.82, 2.24) is 9.80 Å². The first-order chi connectivity index (χ1) is 14.1. The van der Waals surface area contributed by atoms with Gasteiger partial charge in [-0.3, -0.25) is 14.6 Å². The molecule has 0 unspecified atom stereocenters. The van der Waals surface area contributed by atoms with E-state index in [0.717, 1.165) is 17.1 Å². The van der Waals surface area contributed by atoms with Crippen LogP contribution in [0.1, 0.15) is 23.5 Å². The molecule has 1 amide bonds. The number of phenolic OH excluding ortho intramolecular Hbond substituents is 1. The molecule has 0 radical (unpaired) electrons. The highest BCUT2D eigenvalue weighted by molar-refractivity contribution is 8.03. The van der Waals surface area contributed by atoms with E-state index in [-0.39, 0.29) is 24.0 Å². The van der Waals surface area contributed by atoms with Gasteiger partial charge in [-0.1, -0.05) is 48.2 Å². The van der Waals surface area contributed by atoms with Crippen molar-refractivity contribution in [3.8, 4) is 17.6 Å². The lowest BCUT2D eigenvalue weighted by atomic mass is 9.86. The van der Waals surface area contributed by atoms with E-state index < -0.39 is 0 Å². The first kappa shape index (κ1) is 19.4. The fraction of sp³-hybridized carbons (Fsp3) is 0.273. The molecule has 1 N–H and O–H groups in total. The quantitative estimate of drug-likeness (QED) is 0.834. The summed E-state index contributed by atoms with van der Waals surface area (Å²) in [6.07, 6.45) is 0.222. The van der Waals surface area contributed by atoms with Gasteiger partial charge in [-0.2, -0.15) is 5.26 Å². The molecule has 0 aromatic heterocycles. The van der Waals surface area contributed by atoms with Crippen molar-refractivity contribution >= 4 is 17.7 Å². The number of hydrogen-bond acceptors (Lipinski definition) is 6. The molecule has 1 fully saturated rings. The Bertz CT molecular complexity index is 1000. The molecule has 1 saturated heterocycles. The summed E-state index contributed by atoms with van der Waals surface area (Å²) in [4.78, 5) is 16.9. The molecule has 29 heavy (non-hydrogen) atoms. The molecule has 2 aromatic rings. The van der Waals surface area contributed by atoms with Gasteiger partial charge < -0.3 is 9.84 Å². The maximum atomic E-state index is 13.0. The predicted octanol–water partition coefficient (Wildman–Crippen LogP) is 3.62. The summed E-state index contributed by atoms with van der Waals surface area (Å²) in [6.45, 7) is 1.23. The zero-order valence-electron chi connectivity index (χ0n) is 16.0. The molecule has 2 aliphatic heterocycles. The van der Waals surface area contributed by atoms with Gasteiger partial charge in [0.1, 0.15) is 0 Å². The minimum Gasteiger partial charge on any atom is -0.504 e. The SMILES string of the molecule is COc1cc([C@@H]2CC(=O)N3CN(Cc4ccccc4)CSC3=C2C#N)ccc1O. The Kier molecular flexibility index (Phi) is 5.47. The molecule has 0 saturated carbocycles. The number of aromatic hydroxyl groups is 1. The van der Waals surface area contributed by atoms with E-state index in [1.54, 1.807) is 23.1 Å². The van der Waals surface area contributed by atoms with Gasteiger partial charge in [0.2, 0.25) is 5.91 Å². The molecule has 4 rings (SSSR count). The Morgan fingerprint density at radius 1 is 1.28 bits per heavy atom. The molecule has 2 aromatic carbocycles. The molecule has 6 nitrogen and oxygen atoms in total. The van der Waals surface area contributed by atoms with Crippen molar-refractivity contribution in [2.24, 2.45) is 0 Å². The molecule has 1 atom stereocenters. The summed E-state index contributed by atoms with van der Waals surface area (Å²) in [5.41, 5.74) is 2.59. The van der Waals surface area contributed by atoms with Gasteiger partial charge in [0.15, 0.2) is 11.5 Å². The average molecular weight is 407 g/mol. The van der Waals surface area contributed by atoms with Gasteiger partial charge in [0.25, 0.3) is 0 Å². The normalized spacial score (nSPS) is 19.7. The van der Waals surface area contributed by atoms with E-state index in [0.29, 0.717) is 23.9 Å². The third kappa shape index (κ3) is 3.82. The average Bonchev–Trinajstić information content (AvgIpc) is 2.75. The number of nitrogens with zero attached hydrogens (tertiary/aromatic N) is 3. The zero-order chi connectivity index (χ0) is 20.4. The number of phenols is 1. The molecule has 2 aliphatic rings. The number of ether oxygens (including phenoxy) is 1. The first-order valence-electron chi connectivity index (χ1n) is 9.31. The maximum absolute atomic E-state index is 13.0. The van der Waals surface area contributed by atoms with Crippen LogP contribution in [0.2, 0.25) is 0 Å². The van der Waals surface area contributed by atoms with Crippen LogP contribution < -0.4 is 4.74 Å². The number of thioether (sulfide) groups is 1. The number of fused-ring (bicyclic) bond motifs is 1. The van der Waals surface area contributed by atoms with Crippen molar-refractivity contribution in [3.05, 3.63) is 70.3 Å². The van der Waals surface area contributed by atoms with Crippen LogP contribution in [0.4, 0.5) is 0 Å². The monoisotopic (exact) mass is 407 g/mol. The van der Waals surface area contributed by atoms with Crippen LogP contribution in [-0.2, 0) is 11.3 Å². The molecule has 148 valence electrons. The minimum absolute atomic E-state index is 0.00121. The van der Waals surface area contributed by atoms with E-state index >= 15 is 0 Å². The highest BCUT2D eigenvalue weighted by atomic mass is 32.2. The van der Waals surface area contributed by atoms with Gasteiger partial charge in [-0.25, -0.2) is 0 Å². The number of nitriles is 1. The van der Waals surface area contributed by atoms with Crippen LogP contribution in [0.15, 0.2) is 59.1 Å². The number of carbonyl (C=O) groups excluding carboxylic acids is 1. The second-order valence-corrected chi connectivity index (χ2v) is 8.00. The minimum atomic E-state index is -0.332. The lowest BCUT2D eigenvalue weighted by Crippen LogP contribution is -2.46. The summed E-state index contributed by atoms with van der Waals surface area (Å²) in [7, 11) is 1.48. The van der Waals surface area contributed by atoms with Crippen LogP contribution in [-0.4, -0.2) is 40.5 Å². The van der Waals surface area contributed by atoms with Crippen molar-refractivity contribution in [3.63, 3.8) is 0 Å². The molecule has 0 aliphatic carbocycles. The summed E-state index contributed by atoms with van der Waals surface area (Å²) >= 11 is 1.53. The van der Waals surface area contributed by atoms with Gasteiger partial charge >= 0.3 is 0 Å². The lowest BCUT2D eigenvalue weighted by Gasteiger charge is -2.41. The van der Waals surface area contributed by atoms with E-state index in [9.17, 15) is 15.2 Å². The number of amides is 1. The Morgan fingerprint density at radius 2 is 2.07 bits per heavy atom. The summed E-state index contributed by atoms with van der Waals surface area (Å²) in [6, 6.07) is 17.5. The van der Waals surface area contributed by atoms with Gasteiger partial charge in [0, 0.05) is 18.9 Å². The predicted molar refractivity (Wildman–Crippen MR) is 111 cm³/mol. The number of hydrogen-bond donors (Lipinski definition) is 1. The molecule has 0 bridgehead atoms. The largest absolute Gasteiger partial charge is 0.504 e. The van der Waals surface area contributed by atoms with E-state index in [2.05, 4.69) is 23.1 Å². The summed E-state index contributed by atoms with van der Waals surface area (Å²) < 4.78 is 5.19. The summed E-state index contributed by atoms with van der Waals surface area (Å²) in [5, 5.41) is 20.5. The van der Waals surface area contributed by atoms with Gasteiger partial charge in [-0.15, -0.1) is 0 Å². The van der Waals surface area contributed by atoms with Crippen LogP contribution in [0.5, 0.6) is 11.5 Å². The number of carbonyl (C=O) groups is 1. The fourth-order valence-electron chi connectivity index (χ4n) is 3.75. The van der Waals surface area contributed by atoms with Crippen molar-refractivity contribution in [2.45, 2.75) is 18.9 Å². The molecule has 7 heteroatoms. The van der Waals surface area contributed by atoms with Gasteiger partial charge in [-0.05, 0) is 23.3 Å². The number of methoxy groups -OCH3 is 1. The van der Waals surface area contributed by atoms with E-state index in [4.69, 9.17) is 4.74 Å². The van der Waals surface area contributed by atoms with E-state index in [1.807, 2.05) is 18.2 Å². The number of rotatable bonds is 4. The second-order valence-electron chi connectivity index (χ2n) is 7.07. The molecular formula is C22H21N3O3S. The molecule has 0 spiro atoms. The number of allylic oxidation sites excluding steroid dienone is 1. The highest BCUT2D eigenvalue weighted by Gasteiger charge is 2.38. The van der Waals surface area contributed by atoms with Gasteiger partial charge in [0.05, 0.1) is 36.3 Å². The van der Waals surface area contributed by atoms with Crippen LogP contribution in [0.3, 0.4) is 0 Å². The first-order valence-corrected chi connectivity index (χ1v) is 10.3. The zero-order valence-corrected chi connectivity index (χ0v) is 16.9. The Labute approximate surface area is 174 Å². The third-order valence-corrected chi connectivity index (χ3v) is 6.41. The summed E-state index contributed by atoms with van der Waals surface area (Å²) in [5.74, 6) is 0.757. The third-order valence-electron chi connectivity index (χ3n) is 5.20. The van der Waals surface area contributed by atoms with Crippen molar-refractivity contribution < 1.29 is 14.6 Å². The highest BCUT2D eigenvalue weighted by Crippen LogP contribution is 2.44. The molecular weight excluding hydrogens is 386 g/mol. The Balaban J connectivity index is 1.61. The lowest BCUT2D eigenvalue weighted by molar-refractivity contribution is -0.131.